The molecule has 134 valence electrons. The van der Waals surface area contributed by atoms with Crippen molar-refractivity contribution in [1.82, 2.24) is 25.2 Å². The van der Waals surface area contributed by atoms with Crippen molar-refractivity contribution in [3.8, 4) is 0 Å². The zero-order valence-electron chi connectivity index (χ0n) is 15.0. The third-order valence-electron chi connectivity index (χ3n) is 3.67. The second kappa shape index (κ2) is 10.5. The van der Waals surface area contributed by atoms with Gasteiger partial charge in [0.15, 0.2) is 17.4 Å². The van der Waals surface area contributed by atoms with Crippen LogP contribution in [0.4, 0.5) is 0 Å². The number of hydrogen-bond acceptors (Lipinski definition) is 3. The van der Waals surface area contributed by atoms with Crippen LogP contribution in [0.3, 0.4) is 0 Å². The van der Waals surface area contributed by atoms with Gasteiger partial charge >= 0.3 is 0 Å². The van der Waals surface area contributed by atoms with Crippen LogP contribution in [0, 0.1) is 5.92 Å². The fourth-order valence-electron chi connectivity index (χ4n) is 2.36. The Kier molecular flexibility index (Phi) is 9.02. The molecule has 0 aliphatic heterocycles. The Morgan fingerprint density at radius 2 is 2.00 bits per heavy atom. The van der Waals surface area contributed by atoms with Gasteiger partial charge in [0.05, 0.1) is 0 Å². The van der Waals surface area contributed by atoms with Crippen molar-refractivity contribution in [2.75, 3.05) is 6.54 Å². The van der Waals surface area contributed by atoms with Crippen molar-refractivity contribution in [3.05, 3.63) is 30.2 Å². The van der Waals surface area contributed by atoms with Gasteiger partial charge in [-0.2, -0.15) is 0 Å². The van der Waals surface area contributed by atoms with Crippen molar-refractivity contribution in [2.24, 2.45) is 10.9 Å². The molecule has 0 bridgehead atoms. The topological polar surface area (TPSA) is 66.6 Å². The summed E-state index contributed by atoms with van der Waals surface area (Å²) in [5.74, 6) is 2.39. The highest BCUT2D eigenvalue weighted by molar-refractivity contribution is 14.0. The van der Waals surface area contributed by atoms with E-state index in [2.05, 4.69) is 53.5 Å². The zero-order chi connectivity index (χ0) is 16.7. The summed E-state index contributed by atoms with van der Waals surface area (Å²) in [6, 6.07) is 6.27. The Hall–Kier alpha value is -1.38. The van der Waals surface area contributed by atoms with Gasteiger partial charge in [-0.05, 0) is 44.7 Å². The lowest BCUT2D eigenvalue weighted by Gasteiger charge is -2.18. The van der Waals surface area contributed by atoms with E-state index in [1.807, 2.05) is 28.8 Å². The molecule has 0 amide bonds. The van der Waals surface area contributed by atoms with E-state index in [-0.39, 0.29) is 24.0 Å². The molecule has 2 heterocycles. The zero-order valence-corrected chi connectivity index (χ0v) is 17.3. The molecule has 0 aromatic carbocycles. The Balaban J connectivity index is 0.00000288. The number of pyridine rings is 1. The summed E-state index contributed by atoms with van der Waals surface area (Å²) in [5.41, 5.74) is 0.848. The number of guanidine groups is 1. The fourth-order valence-corrected chi connectivity index (χ4v) is 2.36. The number of rotatable bonds is 7. The Bertz CT molecular complexity index is 637. The number of halogens is 1. The van der Waals surface area contributed by atoms with Gasteiger partial charge in [-0.1, -0.05) is 19.9 Å². The van der Waals surface area contributed by atoms with Crippen LogP contribution in [0.1, 0.15) is 46.4 Å². The summed E-state index contributed by atoms with van der Waals surface area (Å²) in [7, 11) is 0. The van der Waals surface area contributed by atoms with E-state index in [0.717, 1.165) is 36.3 Å². The highest BCUT2D eigenvalue weighted by atomic mass is 127. The smallest absolute Gasteiger partial charge is 0.191 e. The molecule has 7 heteroatoms. The van der Waals surface area contributed by atoms with Crippen molar-refractivity contribution in [3.63, 3.8) is 0 Å². The van der Waals surface area contributed by atoms with Crippen LogP contribution in [0.5, 0.6) is 0 Å². The van der Waals surface area contributed by atoms with Gasteiger partial charge in [0, 0.05) is 18.8 Å². The first-order valence-electron chi connectivity index (χ1n) is 8.43. The summed E-state index contributed by atoms with van der Waals surface area (Å²) >= 11 is 0. The number of nitrogens with zero attached hydrogens (tertiary/aromatic N) is 4. The van der Waals surface area contributed by atoms with Crippen LogP contribution < -0.4 is 10.6 Å². The lowest BCUT2D eigenvalue weighted by molar-refractivity contribution is 0.489. The summed E-state index contributed by atoms with van der Waals surface area (Å²) < 4.78 is 1.97. The van der Waals surface area contributed by atoms with Crippen molar-refractivity contribution in [2.45, 2.75) is 53.1 Å². The largest absolute Gasteiger partial charge is 0.357 e. The average molecular weight is 444 g/mol. The van der Waals surface area contributed by atoms with E-state index in [0.29, 0.717) is 12.6 Å². The van der Waals surface area contributed by atoms with E-state index < -0.39 is 0 Å². The van der Waals surface area contributed by atoms with E-state index in [4.69, 9.17) is 0 Å². The summed E-state index contributed by atoms with van der Waals surface area (Å²) in [6.45, 7) is 10.1. The van der Waals surface area contributed by atoms with Crippen LogP contribution in [0.25, 0.3) is 5.65 Å². The fraction of sp³-hybridized carbons (Fsp3) is 0.588. The highest BCUT2D eigenvalue weighted by Crippen LogP contribution is 2.07. The van der Waals surface area contributed by atoms with E-state index >= 15 is 0 Å². The van der Waals surface area contributed by atoms with Crippen LogP contribution in [0.2, 0.25) is 0 Å². The molecule has 0 radical (unpaired) electrons. The maximum absolute atomic E-state index is 4.64. The van der Waals surface area contributed by atoms with Gasteiger partial charge in [0.2, 0.25) is 0 Å². The molecule has 24 heavy (non-hydrogen) atoms. The highest BCUT2D eigenvalue weighted by Gasteiger charge is 2.08. The molecule has 0 saturated heterocycles. The molecule has 0 saturated carbocycles. The van der Waals surface area contributed by atoms with E-state index in [1.54, 1.807) is 0 Å². The van der Waals surface area contributed by atoms with Crippen LogP contribution >= 0.6 is 24.0 Å². The van der Waals surface area contributed by atoms with Gasteiger partial charge in [-0.3, -0.25) is 4.40 Å². The average Bonchev–Trinajstić information content (AvgIpc) is 2.94. The molecule has 0 aliphatic rings. The SMILES string of the molecule is CCNC(=NCc1nnc2ccccn12)NC(C)CCC(C)C.I. The first-order chi connectivity index (χ1) is 11.1. The monoisotopic (exact) mass is 444 g/mol. The summed E-state index contributed by atoms with van der Waals surface area (Å²) in [4.78, 5) is 4.64. The maximum Gasteiger partial charge on any atom is 0.191 e. The quantitative estimate of drug-likeness (QED) is 0.391. The molecule has 6 nitrogen and oxygen atoms in total. The number of aromatic nitrogens is 3. The Morgan fingerprint density at radius 3 is 2.71 bits per heavy atom. The number of aliphatic imine (C=N–C) groups is 1. The molecule has 0 spiro atoms. The third kappa shape index (κ3) is 6.26. The minimum Gasteiger partial charge on any atom is -0.357 e. The molecule has 2 aromatic heterocycles. The Morgan fingerprint density at radius 1 is 1.21 bits per heavy atom. The molecule has 2 rings (SSSR count). The Labute approximate surface area is 161 Å². The molecule has 1 unspecified atom stereocenters. The molecule has 0 fully saturated rings. The van der Waals surface area contributed by atoms with Crippen molar-refractivity contribution < 1.29 is 0 Å². The minimum atomic E-state index is 0. The lowest BCUT2D eigenvalue weighted by atomic mass is 10.0. The molecule has 2 N–H and O–H groups in total. The van der Waals surface area contributed by atoms with Crippen LogP contribution in [-0.2, 0) is 6.54 Å². The lowest BCUT2D eigenvalue weighted by Crippen LogP contribution is -2.42. The van der Waals surface area contributed by atoms with Gasteiger partial charge in [-0.25, -0.2) is 4.99 Å². The van der Waals surface area contributed by atoms with Gasteiger partial charge in [0.1, 0.15) is 6.54 Å². The first kappa shape index (κ1) is 20.7. The molecular weight excluding hydrogens is 415 g/mol. The molecular formula is C17H29IN6. The molecule has 0 aliphatic carbocycles. The second-order valence-corrected chi connectivity index (χ2v) is 6.26. The van der Waals surface area contributed by atoms with E-state index in [9.17, 15) is 0 Å². The number of fused-ring (bicyclic) bond motifs is 1. The predicted molar refractivity (Wildman–Crippen MR) is 110 cm³/mol. The van der Waals surface area contributed by atoms with E-state index in [1.165, 1.54) is 6.42 Å². The van der Waals surface area contributed by atoms with Crippen LogP contribution in [0.15, 0.2) is 29.4 Å². The molecule has 2 aromatic rings. The standard InChI is InChI=1S/C17H28N6.HI/c1-5-18-17(20-14(4)10-9-13(2)3)19-12-16-22-21-15-8-6-7-11-23(15)16;/h6-8,11,13-14H,5,9-10,12H2,1-4H3,(H2,18,19,20);1H. The third-order valence-corrected chi connectivity index (χ3v) is 3.67. The summed E-state index contributed by atoms with van der Waals surface area (Å²) in [6.07, 6.45) is 4.31. The van der Waals surface area contributed by atoms with Gasteiger partial charge in [-0.15, -0.1) is 34.2 Å². The number of nitrogens with one attached hydrogen (secondary N) is 2. The predicted octanol–water partition coefficient (Wildman–Crippen LogP) is 3.23. The van der Waals surface area contributed by atoms with Crippen molar-refractivity contribution in [1.29, 1.82) is 0 Å². The maximum atomic E-state index is 4.64. The molecule has 1 atom stereocenters. The first-order valence-corrected chi connectivity index (χ1v) is 8.43. The van der Waals surface area contributed by atoms with Gasteiger partial charge in [0.25, 0.3) is 0 Å². The normalized spacial score (nSPS) is 13.0. The summed E-state index contributed by atoms with van der Waals surface area (Å²) in [5, 5.41) is 15.1. The van der Waals surface area contributed by atoms with Crippen LogP contribution in [-0.4, -0.2) is 33.1 Å². The minimum absolute atomic E-state index is 0. The van der Waals surface area contributed by atoms with Crippen molar-refractivity contribution >= 4 is 35.6 Å². The second-order valence-electron chi connectivity index (χ2n) is 6.26. The van der Waals surface area contributed by atoms with Gasteiger partial charge < -0.3 is 10.6 Å². The number of hydrogen-bond donors (Lipinski definition) is 2.